The van der Waals surface area contributed by atoms with Crippen molar-refractivity contribution in [2.45, 2.75) is 38.6 Å². The summed E-state index contributed by atoms with van der Waals surface area (Å²) in [6.45, 7) is 3.17. The normalized spacial score (nSPS) is 19.2. The fourth-order valence-electron chi connectivity index (χ4n) is 3.06. The molecular formula is C18H26N2O3. The van der Waals surface area contributed by atoms with Crippen molar-refractivity contribution < 1.29 is 14.7 Å². The Labute approximate surface area is 137 Å². The van der Waals surface area contributed by atoms with E-state index in [1.165, 1.54) is 0 Å². The van der Waals surface area contributed by atoms with Crippen molar-refractivity contribution in [2.75, 3.05) is 19.7 Å². The topological polar surface area (TPSA) is 69.6 Å². The molecule has 1 fully saturated rings. The summed E-state index contributed by atoms with van der Waals surface area (Å²) < 4.78 is 0. The summed E-state index contributed by atoms with van der Waals surface area (Å²) in [6, 6.07) is 9.59. The molecule has 1 heterocycles. The van der Waals surface area contributed by atoms with Crippen molar-refractivity contribution in [3.8, 4) is 0 Å². The Bertz CT molecular complexity index is 518. The third-order valence-electron chi connectivity index (χ3n) is 4.34. The van der Waals surface area contributed by atoms with E-state index in [1.807, 2.05) is 30.3 Å². The molecule has 0 spiro atoms. The number of aliphatic hydroxyl groups is 1. The van der Waals surface area contributed by atoms with Gasteiger partial charge in [0.05, 0.1) is 6.04 Å². The van der Waals surface area contributed by atoms with Gasteiger partial charge in [0.25, 0.3) is 0 Å². The van der Waals surface area contributed by atoms with Gasteiger partial charge < -0.3 is 15.3 Å². The maximum atomic E-state index is 12.4. The lowest BCUT2D eigenvalue weighted by molar-refractivity contribution is -0.147. The zero-order valence-corrected chi connectivity index (χ0v) is 13.7. The molecule has 126 valence electrons. The second-order valence-corrected chi connectivity index (χ2v) is 6.17. The average molecular weight is 318 g/mol. The van der Waals surface area contributed by atoms with Crippen LogP contribution in [0.4, 0.5) is 0 Å². The minimum Gasteiger partial charge on any atom is -0.396 e. The molecule has 2 rings (SSSR count). The standard InChI is InChI=1S/C18H26N2O3/c1-2-7-16(15-9-4-3-5-10-15)19-17(22)18(23)20-11-6-8-14(12-20)13-21/h3-5,9-10,14,16,21H,2,6-8,11-13H2,1H3,(H,19,22)/t14-,16+/m1/s1. The first-order chi connectivity index (χ1) is 11.2. The van der Waals surface area contributed by atoms with Crippen molar-refractivity contribution in [1.29, 1.82) is 0 Å². The van der Waals surface area contributed by atoms with Gasteiger partial charge in [-0.15, -0.1) is 0 Å². The smallest absolute Gasteiger partial charge is 0.311 e. The van der Waals surface area contributed by atoms with Gasteiger partial charge >= 0.3 is 11.8 Å². The lowest BCUT2D eigenvalue weighted by Crippen LogP contribution is -2.48. The molecule has 1 aromatic carbocycles. The quantitative estimate of drug-likeness (QED) is 0.814. The van der Waals surface area contributed by atoms with Crippen LogP contribution in [0.5, 0.6) is 0 Å². The Morgan fingerprint density at radius 3 is 2.74 bits per heavy atom. The Hall–Kier alpha value is -1.88. The van der Waals surface area contributed by atoms with E-state index in [0.29, 0.717) is 13.1 Å². The van der Waals surface area contributed by atoms with Crippen LogP contribution in [-0.4, -0.2) is 41.5 Å². The first-order valence-corrected chi connectivity index (χ1v) is 8.41. The van der Waals surface area contributed by atoms with Crippen LogP contribution in [0.2, 0.25) is 0 Å². The lowest BCUT2D eigenvalue weighted by atomic mass is 9.99. The maximum Gasteiger partial charge on any atom is 0.311 e. The van der Waals surface area contributed by atoms with Crippen LogP contribution >= 0.6 is 0 Å². The molecule has 1 aromatic rings. The van der Waals surface area contributed by atoms with Crippen LogP contribution in [0.1, 0.15) is 44.2 Å². The van der Waals surface area contributed by atoms with Crippen molar-refractivity contribution >= 4 is 11.8 Å². The summed E-state index contributed by atoms with van der Waals surface area (Å²) in [5.74, 6) is -0.952. The first kappa shape index (κ1) is 17.5. The van der Waals surface area contributed by atoms with Crippen LogP contribution in [0.3, 0.4) is 0 Å². The molecule has 0 aromatic heterocycles. The second-order valence-electron chi connectivity index (χ2n) is 6.17. The predicted octanol–water partition coefficient (Wildman–Crippen LogP) is 1.87. The number of carbonyl (C=O) groups is 2. The third-order valence-corrected chi connectivity index (χ3v) is 4.34. The van der Waals surface area contributed by atoms with Gasteiger partial charge in [-0.05, 0) is 30.7 Å². The molecule has 2 amide bonds. The highest BCUT2D eigenvalue weighted by molar-refractivity contribution is 6.35. The fraction of sp³-hybridized carbons (Fsp3) is 0.556. The number of carbonyl (C=O) groups excluding carboxylic acids is 2. The van der Waals surface area contributed by atoms with Crippen molar-refractivity contribution in [3.05, 3.63) is 35.9 Å². The van der Waals surface area contributed by atoms with E-state index >= 15 is 0 Å². The van der Waals surface area contributed by atoms with Crippen LogP contribution in [-0.2, 0) is 9.59 Å². The summed E-state index contributed by atoms with van der Waals surface area (Å²) in [4.78, 5) is 26.3. The molecule has 0 radical (unpaired) electrons. The molecule has 2 atom stereocenters. The molecule has 23 heavy (non-hydrogen) atoms. The zero-order valence-electron chi connectivity index (χ0n) is 13.7. The Kier molecular flexibility index (Phi) is 6.59. The number of aliphatic hydroxyl groups excluding tert-OH is 1. The van der Waals surface area contributed by atoms with E-state index in [-0.39, 0.29) is 18.6 Å². The number of nitrogens with one attached hydrogen (secondary N) is 1. The van der Waals surface area contributed by atoms with Crippen LogP contribution in [0, 0.1) is 5.92 Å². The van der Waals surface area contributed by atoms with Crippen LogP contribution in [0.25, 0.3) is 0 Å². The van der Waals surface area contributed by atoms with Crippen LogP contribution < -0.4 is 5.32 Å². The van der Waals surface area contributed by atoms with Crippen molar-refractivity contribution in [2.24, 2.45) is 5.92 Å². The zero-order chi connectivity index (χ0) is 16.7. The van der Waals surface area contributed by atoms with E-state index < -0.39 is 11.8 Å². The molecule has 1 saturated heterocycles. The van der Waals surface area contributed by atoms with Gasteiger partial charge in [0.1, 0.15) is 0 Å². The van der Waals surface area contributed by atoms with Gasteiger partial charge in [0.15, 0.2) is 0 Å². The number of hydrogen-bond acceptors (Lipinski definition) is 3. The molecule has 5 nitrogen and oxygen atoms in total. The van der Waals surface area contributed by atoms with Gasteiger partial charge in [-0.3, -0.25) is 9.59 Å². The van der Waals surface area contributed by atoms with E-state index in [2.05, 4.69) is 12.2 Å². The van der Waals surface area contributed by atoms with Gasteiger partial charge in [-0.2, -0.15) is 0 Å². The summed E-state index contributed by atoms with van der Waals surface area (Å²) in [5, 5.41) is 12.1. The number of hydrogen-bond donors (Lipinski definition) is 2. The summed E-state index contributed by atoms with van der Waals surface area (Å²) in [7, 11) is 0. The molecule has 2 N–H and O–H groups in total. The SMILES string of the molecule is CCC[C@H](NC(=O)C(=O)N1CCC[C@@H](CO)C1)c1ccccc1. The highest BCUT2D eigenvalue weighted by Gasteiger charge is 2.28. The highest BCUT2D eigenvalue weighted by atomic mass is 16.3. The summed E-state index contributed by atoms with van der Waals surface area (Å²) >= 11 is 0. The summed E-state index contributed by atoms with van der Waals surface area (Å²) in [5.41, 5.74) is 1.02. The number of piperidine rings is 1. The molecule has 1 aliphatic rings. The minimum atomic E-state index is -0.550. The Morgan fingerprint density at radius 2 is 2.09 bits per heavy atom. The van der Waals surface area contributed by atoms with Gasteiger partial charge in [0, 0.05) is 19.7 Å². The first-order valence-electron chi connectivity index (χ1n) is 8.41. The number of likely N-dealkylation sites (tertiary alicyclic amines) is 1. The average Bonchev–Trinajstić information content (AvgIpc) is 2.61. The monoisotopic (exact) mass is 318 g/mol. The van der Waals surface area contributed by atoms with E-state index in [4.69, 9.17) is 0 Å². The minimum absolute atomic E-state index is 0.0634. The van der Waals surface area contributed by atoms with E-state index in [1.54, 1.807) is 4.90 Å². The van der Waals surface area contributed by atoms with Crippen LogP contribution in [0.15, 0.2) is 30.3 Å². The maximum absolute atomic E-state index is 12.4. The summed E-state index contributed by atoms with van der Waals surface area (Å²) in [6.07, 6.45) is 3.46. The molecule has 0 unspecified atom stereocenters. The Morgan fingerprint density at radius 1 is 1.35 bits per heavy atom. The molecule has 0 saturated carbocycles. The molecular weight excluding hydrogens is 292 g/mol. The van der Waals surface area contributed by atoms with Crippen molar-refractivity contribution in [3.63, 3.8) is 0 Å². The van der Waals surface area contributed by atoms with Gasteiger partial charge in [0.2, 0.25) is 0 Å². The fourth-order valence-corrected chi connectivity index (χ4v) is 3.06. The lowest BCUT2D eigenvalue weighted by Gasteiger charge is -2.31. The second kappa shape index (κ2) is 8.67. The highest BCUT2D eigenvalue weighted by Crippen LogP contribution is 2.19. The molecule has 5 heteroatoms. The number of nitrogens with zero attached hydrogens (tertiary/aromatic N) is 1. The Balaban J connectivity index is 1.99. The number of amides is 2. The largest absolute Gasteiger partial charge is 0.396 e. The molecule has 0 aliphatic carbocycles. The third kappa shape index (κ3) is 4.79. The van der Waals surface area contributed by atoms with Gasteiger partial charge in [-0.25, -0.2) is 0 Å². The molecule has 1 aliphatic heterocycles. The van der Waals surface area contributed by atoms with E-state index in [9.17, 15) is 14.7 Å². The predicted molar refractivity (Wildman–Crippen MR) is 88.6 cm³/mol. The molecule has 0 bridgehead atoms. The number of benzene rings is 1. The van der Waals surface area contributed by atoms with E-state index in [0.717, 1.165) is 31.2 Å². The van der Waals surface area contributed by atoms with Gasteiger partial charge in [-0.1, -0.05) is 43.7 Å². The number of rotatable bonds is 5. The van der Waals surface area contributed by atoms with Crippen molar-refractivity contribution in [1.82, 2.24) is 10.2 Å².